The van der Waals surface area contributed by atoms with Gasteiger partial charge in [0.15, 0.2) is 5.11 Å². The lowest BCUT2D eigenvalue weighted by molar-refractivity contribution is -0.116. The molecular formula is C28H24Cl2N4O2S. The first-order valence-electron chi connectivity index (χ1n) is 11.8. The highest BCUT2D eigenvalue weighted by molar-refractivity contribution is 7.80. The van der Waals surface area contributed by atoms with E-state index in [0.29, 0.717) is 33.2 Å². The van der Waals surface area contributed by atoms with E-state index in [2.05, 4.69) is 15.6 Å². The number of aromatic nitrogens is 1. The van der Waals surface area contributed by atoms with Gasteiger partial charge in [-0.15, -0.1) is 0 Å². The zero-order valence-electron chi connectivity index (χ0n) is 19.9. The number of carbonyl (C=O) groups is 1. The zero-order valence-corrected chi connectivity index (χ0v) is 22.3. The van der Waals surface area contributed by atoms with Crippen molar-refractivity contribution in [2.24, 2.45) is 0 Å². The predicted octanol–water partition coefficient (Wildman–Crippen LogP) is 6.96. The first-order chi connectivity index (χ1) is 17.9. The highest BCUT2D eigenvalue weighted by Crippen LogP contribution is 2.41. The van der Waals surface area contributed by atoms with Crippen molar-refractivity contribution in [3.05, 3.63) is 106 Å². The number of hydrogen-bond acceptors (Lipinski definition) is 4. The quantitative estimate of drug-likeness (QED) is 0.242. The van der Waals surface area contributed by atoms with Crippen molar-refractivity contribution in [1.82, 2.24) is 15.2 Å². The maximum absolute atomic E-state index is 12.8. The number of hydrogen-bond donors (Lipinski definition) is 2. The molecule has 2 aromatic heterocycles. The predicted molar refractivity (Wildman–Crippen MR) is 151 cm³/mol. The van der Waals surface area contributed by atoms with Crippen molar-refractivity contribution in [3.8, 4) is 11.3 Å². The van der Waals surface area contributed by atoms with Gasteiger partial charge in [0.25, 0.3) is 0 Å². The normalized spacial score (nSPS) is 17.1. The van der Waals surface area contributed by atoms with Gasteiger partial charge in [-0.2, -0.15) is 0 Å². The average molecular weight is 551 g/mol. The first-order valence-corrected chi connectivity index (χ1v) is 13.0. The van der Waals surface area contributed by atoms with Crippen LogP contribution in [0.3, 0.4) is 0 Å². The van der Waals surface area contributed by atoms with Crippen LogP contribution in [-0.2, 0) is 4.79 Å². The van der Waals surface area contributed by atoms with E-state index in [1.807, 2.05) is 72.5 Å². The van der Waals surface area contributed by atoms with Crippen LogP contribution >= 0.6 is 35.4 Å². The Morgan fingerprint density at radius 2 is 1.95 bits per heavy atom. The van der Waals surface area contributed by atoms with Crippen LogP contribution < -0.4 is 10.6 Å². The first kappa shape index (κ1) is 25.3. The van der Waals surface area contributed by atoms with Gasteiger partial charge >= 0.3 is 0 Å². The molecule has 2 aromatic carbocycles. The van der Waals surface area contributed by atoms with Crippen LogP contribution in [0.15, 0.2) is 83.4 Å². The van der Waals surface area contributed by atoms with Gasteiger partial charge in [-0.25, -0.2) is 0 Å². The number of carbonyl (C=O) groups excluding carboxylic acids is 1. The third kappa shape index (κ3) is 5.64. The fourth-order valence-electron chi connectivity index (χ4n) is 4.44. The van der Waals surface area contributed by atoms with Gasteiger partial charge in [-0.1, -0.05) is 41.4 Å². The molecule has 2 atom stereocenters. The number of rotatable bonds is 7. The van der Waals surface area contributed by atoms with Crippen LogP contribution in [0.4, 0.5) is 5.69 Å². The minimum atomic E-state index is -0.300. The molecule has 0 aliphatic carbocycles. The zero-order chi connectivity index (χ0) is 25.9. The second kappa shape index (κ2) is 10.9. The number of pyridine rings is 1. The van der Waals surface area contributed by atoms with Crippen molar-refractivity contribution >= 4 is 52.1 Å². The summed E-state index contributed by atoms with van der Waals surface area (Å²) >= 11 is 18.0. The van der Waals surface area contributed by atoms with Crippen LogP contribution in [0.1, 0.15) is 35.5 Å². The van der Waals surface area contributed by atoms with E-state index in [4.69, 9.17) is 39.8 Å². The fourth-order valence-corrected chi connectivity index (χ4v) is 5.07. The largest absolute Gasteiger partial charge is 0.459 e. The molecule has 3 heterocycles. The number of anilines is 1. The number of halogens is 2. The number of aryl methyl sites for hydroxylation is 1. The summed E-state index contributed by atoms with van der Waals surface area (Å²) in [4.78, 5) is 19.3. The molecule has 1 aliphatic rings. The summed E-state index contributed by atoms with van der Waals surface area (Å²) in [6.45, 7) is 2.39. The van der Waals surface area contributed by atoms with E-state index >= 15 is 0 Å². The smallest absolute Gasteiger partial charge is 0.226 e. The van der Waals surface area contributed by atoms with Crippen molar-refractivity contribution in [2.75, 3.05) is 11.9 Å². The number of amides is 1. The van der Waals surface area contributed by atoms with Crippen LogP contribution in [0.5, 0.6) is 0 Å². The Morgan fingerprint density at radius 3 is 2.70 bits per heavy atom. The van der Waals surface area contributed by atoms with Gasteiger partial charge in [0, 0.05) is 30.4 Å². The Morgan fingerprint density at radius 1 is 1.08 bits per heavy atom. The van der Waals surface area contributed by atoms with E-state index < -0.39 is 0 Å². The molecule has 5 rings (SSSR count). The van der Waals surface area contributed by atoms with E-state index in [9.17, 15) is 4.79 Å². The molecule has 0 radical (unpaired) electrons. The third-order valence-electron chi connectivity index (χ3n) is 6.20. The lowest BCUT2D eigenvalue weighted by atomic mass is 10.0. The second-order valence-corrected chi connectivity index (χ2v) is 10.0. The number of nitrogens with one attached hydrogen (secondary N) is 2. The number of furan rings is 1. The van der Waals surface area contributed by atoms with Crippen LogP contribution in [0.2, 0.25) is 10.0 Å². The van der Waals surface area contributed by atoms with Gasteiger partial charge in [0.2, 0.25) is 5.91 Å². The SMILES string of the molecule is Cc1cccc(NC(=O)CCN2C(=S)N[C@@H](c3ccccn3)[C@@H]2c2ccc(-c3ccc(Cl)c(Cl)c3)o2)c1. The third-order valence-corrected chi connectivity index (χ3v) is 7.29. The number of nitrogens with zero attached hydrogens (tertiary/aromatic N) is 2. The van der Waals surface area contributed by atoms with Crippen molar-refractivity contribution in [3.63, 3.8) is 0 Å². The lowest BCUT2D eigenvalue weighted by Crippen LogP contribution is -2.32. The van der Waals surface area contributed by atoms with Crippen molar-refractivity contribution in [1.29, 1.82) is 0 Å². The van der Waals surface area contributed by atoms with Crippen LogP contribution in [0.25, 0.3) is 11.3 Å². The molecule has 1 saturated heterocycles. The molecule has 9 heteroatoms. The highest BCUT2D eigenvalue weighted by atomic mass is 35.5. The summed E-state index contributed by atoms with van der Waals surface area (Å²) in [6.07, 6.45) is 2.00. The molecule has 1 fully saturated rings. The molecule has 188 valence electrons. The van der Waals surface area contributed by atoms with Gasteiger partial charge in [0.1, 0.15) is 17.6 Å². The highest BCUT2D eigenvalue weighted by Gasteiger charge is 2.41. The molecule has 2 N–H and O–H groups in total. The Bertz CT molecular complexity index is 1440. The fraction of sp³-hybridized carbons (Fsp3) is 0.179. The minimum Gasteiger partial charge on any atom is -0.459 e. The van der Waals surface area contributed by atoms with Crippen molar-refractivity contribution < 1.29 is 9.21 Å². The molecular weight excluding hydrogens is 527 g/mol. The van der Waals surface area contributed by atoms with Gasteiger partial charge < -0.3 is 20.0 Å². The second-order valence-electron chi connectivity index (χ2n) is 8.82. The monoisotopic (exact) mass is 550 g/mol. The summed E-state index contributed by atoms with van der Waals surface area (Å²) in [6, 6.07) is 22.1. The summed E-state index contributed by atoms with van der Waals surface area (Å²) in [5, 5.41) is 7.82. The molecule has 1 aliphatic heterocycles. The molecule has 37 heavy (non-hydrogen) atoms. The molecule has 0 spiro atoms. The lowest BCUT2D eigenvalue weighted by Gasteiger charge is -2.25. The summed E-state index contributed by atoms with van der Waals surface area (Å²) < 4.78 is 6.32. The molecule has 6 nitrogen and oxygen atoms in total. The molecule has 0 unspecified atom stereocenters. The van der Waals surface area contributed by atoms with Crippen LogP contribution in [-0.4, -0.2) is 27.4 Å². The van der Waals surface area contributed by atoms with E-state index in [0.717, 1.165) is 22.5 Å². The molecule has 4 aromatic rings. The Balaban J connectivity index is 1.40. The molecule has 1 amide bonds. The Hall–Kier alpha value is -3.39. The van der Waals surface area contributed by atoms with Gasteiger partial charge in [-0.3, -0.25) is 9.78 Å². The number of thiocarbonyl (C=S) groups is 1. The van der Waals surface area contributed by atoms with Crippen LogP contribution in [0, 0.1) is 6.92 Å². The summed E-state index contributed by atoms with van der Waals surface area (Å²) in [7, 11) is 0. The van der Waals surface area contributed by atoms with E-state index in [1.165, 1.54) is 0 Å². The van der Waals surface area contributed by atoms with E-state index in [1.54, 1.807) is 18.3 Å². The standard InChI is InChI=1S/C28H24Cl2N4O2S/c1-17-5-4-6-19(15-17)32-25(35)12-14-34-27(26(33-28(34)37)22-7-2-3-13-31-22)24-11-10-23(36-24)18-8-9-20(29)21(30)16-18/h2-11,13,15-16,26-27H,12,14H2,1H3,(H,32,35)(H,33,37)/t26-,27-/m0/s1. The van der Waals surface area contributed by atoms with Gasteiger partial charge in [0.05, 0.1) is 21.8 Å². The van der Waals surface area contributed by atoms with Crippen molar-refractivity contribution in [2.45, 2.75) is 25.4 Å². The molecule has 0 saturated carbocycles. The van der Waals surface area contributed by atoms with E-state index in [-0.39, 0.29) is 24.4 Å². The average Bonchev–Trinajstić information content (AvgIpc) is 3.49. The topological polar surface area (TPSA) is 70.4 Å². The summed E-state index contributed by atoms with van der Waals surface area (Å²) in [5.74, 6) is 1.26. The Labute approximate surface area is 230 Å². The number of benzene rings is 2. The Kier molecular flexibility index (Phi) is 7.46. The maximum atomic E-state index is 12.8. The molecule has 0 bridgehead atoms. The van der Waals surface area contributed by atoms with Gasteiger partial charge in [-0.05, 0) is 79.3 Å². The summed E-state index contributed by atoms with van der Waals surface area (Å²) in [5.41, 5.74) is 3.49. The minimum absolute atomic E-state index is 0.0932. The maximum Gasteiger partial charge on any atom is 0.226 e.